The summed E-state index contributed by atoms with van der Waals surface area (Å²) in [6.07, 6.45) is -3.69. The van der Waals surface area contributed by atoms with Gasteiger partial charge in [-0.3, -0.25) is 4.79 Å². The number of nitrogens with zero attached hydrogens (tertiary/aromatic N) is 5. The molecule has 1 atom stereocenters. The molecular formula is C34H33ClF4N6O3S. The van der Waals surface area contributed by atoms with E-state index in [0.717, 1.165) is 17.7 Å². The summed E-state index contributed by atoms with van der Waals surface area (Å²) in [4.78, 5) is 26.6. The van der Waals surface area contributed by atoms with Crippen molar-refractivity contribution in [3.05, 3.63) is 100 Å². The van der Waals surface area contributed by atoms with Crippen LogP contribution in [0, 0.1) is 12.7 Å². The predicted molar refractivity (Wildman–Crippen MR) is 178 cm³/mol. The Morgan fingerprint density at radius 2 is 1.63 bits per heavy atom. The van der Waals surface area contributed by atoms with E-state index in [2.05, 4.69) is 15.3 Å². The molecule has 1 N–H and O–H groups in total. The fourth-order valence-corrected chi connectivity index (χ4v) is 7.93. The number of hydrogen-bond acceptors (Lipinski definition) is 7. The van der Waals surface area contributed by atoms with Crippen LogP contribution in [0.5, 0.6) is 0 Å². The van der Waals surface area contributed by atoms with Crippen molar-refractivity contribution in [1.29, 1.82) is 0 Å². The van der Waals surface area contributed by atoms with E-state index in [9.17, 15) is 30.8 Å². The highest BCUT2D eigenvalue weighted by Gasteiger charge is 2.39. The Labute approximate surface area is 286 Å². The molecule has 2 aliphatic heterocycles. The Hall–Kier alpha value is -4.27. The fraction of sp³-hybridized carbons (Fsp3) is 0.324. The molecule has 1 amide bonds. The molecule has 0 spiro atoms. The first-order valence-corrected chi connectivity index (χ1v) is 17.5. The molecule has 0 radical (unpaired) electrons. The van der Waals surface area contributed by atoms with Crippen LogP contribution in [0.3, 0.4) is 0 Å². The molecule has 4 aromatic rings. The number of sulfonamides is 1. The van der Waals surface area contributed by atoms with Crippen molar-refractivity contribution >= 4 is 39.2 Å². The summed E-state index contributed by atoms with van der Waals surface area (Å²) < 4.78 is 82.4. The second kappa shape index (κ2) is 13.9. The Kier molecular flexibility index (Phi) is 9.83. The number of carbonyl (C=O) groups excluding carboxylic acids is 1. The lowest BCUT2D eigenvalue weighted by molar-refractivity contribution is -0.137. The van der Waals surface area contributed by atoms with Crippen molar-refractivity contribution in [1.82, 2.24) is 19.6 Å². The van der Waals surface area contributed by atoms with Crippen molar-refractivity contribution in [2.45, 2.75) is 43.4 Å². The van der Waals surface area contributed by atoms with Crippen LogP contribution in [0.4, 0.5) is 29.2 Å². The maximum absolute atomic E-state index is 14.4. The van der Waals surface area contributed by atoms with Crippen LogP contribution in [0.25, 0.3) is 11.3 Å². The minimum atomic E-state index is -4.50. The molecule has 3 heterocycles. The number of halogens is 5. The molecule has 0 bridgehead atoms. The highest BCUT2D eigenvalue weighted by Crippen LogP contribution is 2.32. The lowest BCUT2D eigenvalue weighted by atomic mass is 10.1. The minimum Gasteiger partial charge on any atom is -0.366 e. The number of amides is 1. The van der Waals surface area contributed by atoms with Gasteiger partial charge < -0.3 is 15.1 Å². The van der Waals surface area contributed by atoms with E-state index in [1.165, 1.54) is 34.6 Å². The van der Waals surface area contributed by atoms with Gasteiger partial charge >= 0.3 is 6.18 Å². The quantitative estimate of drug-likeness (QED) is 0.222. The number of aromatic nitrogens is 2. The molecule has 258 valence electrons. The van der Waals surface area contributed by atoms with Gasteiger partial charge in [0.1, 0.15) is 11.9 Å². The second-order valence-corrected chi connectivity index (χ2v) is 14.2. The number of rotatable bonds is 8. The van der Waals surface area contributed by atoms with Crippen molar-refractivity contribution in [2.24, 2.45) is 0 Å². The highest BCUT2D eigenvalue weighted by atomic mass is 35.5. The van der Waals surface area contributed by atoms with E-state index in [1.807, 2.05) is 9.80 Å². The summed E-state index contributed by atoms with van der Waals surface area (Å²) in [5, 5.41) is 3.11. The number of alkyl halides is 3. The Morgan fingerprint density at radius 3 is 2.31 bits per heavy atom. The zero-order valence-electron chi connectivity index (χ0n) is 26.4. The van der Waals surface area contributed by atoms with Crippen LogP contribution >= 0.6 is 11.6 Å². The van der Waals surface area contributed by atoms with Crippen LogP contribution in [0.2, 0.25) is 5.02 Å². The number of carbonyl (C=O) groups is 1. The number of para-hydroxylation sites is 1. The molecule has 0 aliphatic carbocycles. The summed E-state index contributed by atoms with van der Waals surface area (Å²) in [6.45, 7) is 3.66. The van der Waals surface area contributed by atoms with Gasteiger partial charge in [-0.2, -0.15) is 17.5 Å². The van der Waals surface area contributed by atoms with E-state index >= 15 is 0 Å². The van der Waals surface area contributed by atoms with Crippen molar-refractivity contribution < 1.29 is 30.8 Å². The van der Waals surface area contributed by atoms with Gasteiger partial charge in [0.25, 0.3) is 0 Å². The maximum Gasteiger partial charge on any atom is 0.416 e. The third-order valence-electron chi connectivity index (χ3n) is 8.73. The van der Waals surface area contributed by atoms with E-state index in [4.69, 9.17) is 11.6 Å². The summed E-state index contributed by atoms with van der Waals surface area (Å²) in [7, 11) is -4.01. The highest BCUT2D eigenvalue weighted by molar-refractivity contribution is 7.89. The SMILES string of the molecule is Cc1ccc(S(=O)(=O)N2CCC[C@H]2C(=O)NCc2cc(-c3ccc(C(F)(F)F)cc3)nc(N3CCN(c4ccccc4F)CC3)n2)cc1Cl. The number of anilines is 2. The van der Waals surface area contributed by atoms with Crippen molar-refractivity contribution in [2.75, 3.05) is 42.5 Å². The first kappa shape index (κ1) is 34.6. The first-order valence-electron chi connectivity index (χ1n) is 15.7. The van der Waals surface area contributed by atoms with E-state index in [-0.39, 0.29) is 23.8 Å². The van der Waals surface area contributed by atoms with Crippen molar-refractivity contribution in [3.8, 4) is 11.3 Å². The summed E-state index contributed by atoms with van der Waals surface area (Å²) >= 11 is 6.19. The van der Waals surface area contributed by atoms with E-state index in [0.29, 0.717) is 72.6 Å². The molecular weight excluding hydrogens is 684 g/mol. The van der Waals surface area contributed by atoms with Crippen molar-refractivity contribution in [3.63, 3.8) is 0 Å². The molecule has 3 aromatic carbocycles. The normalized spacial score (nSPS) is 17.4. The van der Waals surface area contributed by atoms with Gasteiger partial charge in [-0.05, 0) is 67.8 Å². The third kappa shape index (κ3) is 7.51. The lowest BCUT2D eigenvalue weighted by Crippen LogP contribution is -2.47. The standard InChI is InChI=1S/C34H33ClF4N6O3S/c1-22-8-13-26(20-27(22)35)49(47,48)45-14-4-7-31(45)32(46)40-21-25-19-29(23-9-11-24(12-10-23)34(37,38)39)42-33(41-25)44-17-15-43(16-18-44)30-6-3-2-5-28(30)36/h2-3,5-6,8-13,19-20,31H,4,7,14-18,21H2,1H3,(H,40,46)/t31-/m0/s1. The van der Waals surface area contributed by atoms with E-state index in [1.54, 1.807) is 37.3 Å². The number of hydrogen-bond donors (Lipinski definition) is 1. The molecule has 6 rings (SSSR count). The minimum absolute atomic E-state index is 0.000439. The van der Waals surface area contributed by atoms with Gasteiger partial charge in [0.15, 0.2) is 0 Å². The molecule has 15 heteroatoms. The average Bonchev–Trinajstić information content (AvgIpc) is 3.60. The van der Waals surface area contributed by atoms with Gasteiger partial charge in [-0.15, -0.1) is 0 Å². The molecule has 0 unspecified atom stereocenters. The summed E-state index contributed by atoms with van der Waals surface area (Å²) in [5.74, 6) is -0.531. The Balaban J connectivity index is 1.23. The fourth-order valence-electron chi connectivity index (χ4n) is 6.00. The molecule has 2 saturated heterocycles. The summed E-state index contributed by atoms with van der Waals surface area (Å²) in [5.41, 5.74) is 1.55. The Morgan fingerprint density at radius 1 is 0.939 bits per heavy atom. The molecule has 49 heavy (non-hydrogen) atoms. The predicted octanol–water partition coefficient (Wildman–Crippen LogP) is 6.06. The molecule has 9 nitrogen and oxygen atoms in total. The largest absolute Gasteiger partial charge is 0.416 e. The first-order chi connectivity index (χ1) is 23.3. The molecule has 2 aliphatic rings. The van der Waals surface area contributed by atoms with Crippen LogP contribution in [0.1, 0.15) is 29.7 Å². The van der Waals surface area contributed by atoms with E-state index < -0.39 is 33.7 Å². The maximum atomic E-state index is 14.4. The number of aryl methyl sites for hydroxylation is 1. The van der Waals surface area contributed by atoms with Crippen LogP contribution in [0.15, 0.2) is 77.7 Å². The van der Waals surface area contributed by atoms with Crippen LogP contribution in [-0.2, 0) is 27.5 Å². The van der Waals surface area contributed by atoms with Gasteiger partial charge in [0.2, 0.25) is 21.9 Å². The topological polar surface area (TPSA) is 98.7 Å². The van der Waals surface area contributed by atoms with Crippen LogP contribution in [-0.4, -0.2) is 67.4 Å². The number of benzene rings is 3. The van der Waals surface area contributed by atoms with Crippen LogP contribution < -0.4 is 15.1 Å². The lowest BCUT2D eigenvalue weighted by Gasteiger charge is -2.36. The van der Waals surface area contributed by atoms with Gasteiger partial charge in [0, 0.05) is 43.3 Å². The second-order valence-electron chi connectivity index (χ2n) is 11.9. The van der Waals surface area contributed by atoms with Gasteiger partial charge in [-0.25, -0.2) is 22.8 Å². The number of piperazine rings is 1. The molecule has 0 saturated carbocycles. The molecule has 1 aromatic heterocycles. The smallest absolute Gasteiger partial charge is 0.366 e. The third-order valence-corrected chi connectivity index (χ3v) is 11.0. The number of nitrogens with one attached hydrogen (secondary N) is 1. The average molecular weight is 717 g/mol. The zero-order chi connectivity index (χ0) is 34.9. The summed E-state index contributed by atoms with van der Waals surface area (Å²) in [6, 6.07) is 16.2. The molecule has 2 fully saturated rings. The Bertz CT molecular complexity index is 1950. The zero-order valence-corrected chi connectivity index (χ0v) is 28.0. The van der Waals surface area contributed by atoms with Gasteiger partial charge in [-0.1, -0.05) is 41.9 Å². The monoisotopic (exact) mass is 716 g/mol. The van der Waals surface area contributed by atoms with Gasteiger partial charge in [0.05, 0.1) is 34.1 Å².